The van der Waals surface area contributed by atoms with Gasteiger partial charge in [-0.3, -0.25) is 10.1 Å². The molecule has 11 heteroatoms. The summed E-state index contributed by atoms with van der Waals surface area (Å²) in [5, 5.41) is 10.9. The largest absolute Gasteiger partial charge is 0.444 e. The van der Waals surface area contributed by atoms with Gasteiger partial charge < -0.3 is 19.9 Å². The van der Waals surface area contributed by atoms with Crippen molar-refractivity contribution >= 4 is 23.8 Å². The van der Waals surface area contributed by atoms with E-state index < -0.39 is 29.1 Å². The topological polar surface area (TPSA) is 151 Å². The molecule has 3 aromatic rings. The molecule has 3 aromatic carbocycles. The number of ether oxygens (including phenoxy) is 3. The Labute approximate surface area is 225 Å². The van der Waals surface area contributed by atoms with Gasteiger partial charge in [-0.2, -0.15) is 4.90 Å². The molecule has 11 nitrogen and oxygen atoms in total. The van der Waals surface area contributed by atoms with Gasteiger partial charge in [0.1, 0.15) is 25.0 Å². The molecule has 0 heterocycles. The fraction of sp³-hybridized carbons (Fsp3) is 0.250. The van der Waals surface area contributed by atoms with Crippen LogP contribution in [0.15, 0.2) is 84.9 Å². The number of hydrogen-bond donors (Lipinski definition) is 1. The van der Waals surface area contributed by atoms with Crippen molar-refractivity contribution in [2.24, 2.45) is 5.73 Å². The Bertz CT molecular complexity index is 1180. The van der Waals surface area contributed by atoms with Crippen LogP contribution < -0.4 is 10.5 Å². The van der Waals surface area contributed by atoms with Crippen molar-refractivity contribution in [2.75, 3.05) is 6.54 Å². The standard InChI is InChI=1S/C28H29N3O8/c29-18-8-7-13-25(26(32)39-24-16-14-23(15-17-24)31(35)36)30(27(33)37-19-21-9-3-1-4-10-21)28(34)38-20-22-11-5-2-6-12-22/h1-6,9-12,14-17,25H,7-8,13,18-20,29H2/t25-/m0/s1. The van der Waals surface area contributed by atoms with Gasteiger partial charge in [0, 0.05) is 12.1 Å². The minimum atomic E-state index is -1.40. The highest BCUT2D eigenvalue weighted by Crippen LogP contribution is 2.21. The van der Waals surface area contributed by atoms with Gasteiger partial charge in [0.25, 0.3) is 5.69 Å². The number of nitro benzene ring substituents is 1. The monoisotopic (exact) mass is 535 g/mol. The minimum absolute atomic E-state index is 0.00433. The van der Waals surface area contributed by atoms with Gasteiger partial charge in [0.15, 0.2) is 0 Å². The zero-order valence-electron chi connectivity index (χ0n) is 21.1. The van der Waals surface area contributed by atoms with Gasteiger partial charge in [0.2, 0.25) is 0 Å². The van der Waals surface area contributed by atoms with Gasteiger partial charge in [-0.25, -0.2) is 14.4 Å². The molecule has 2 amide bonds. The van der Waals surface area contributed by atoms with Crippen LogP contribution in [-0.4, -0.2) is 40.6 Å². The van der Waals surface area contributed by atoms with Crippen molar-refractivity contribution in [1.29, 1.82) is 0 Å². The van der Waals surface area contributed by atoms with Crippen molar-refractivity contribution in [3.8, 4) is 5.75 Å². The molecule has 0 saturated carbocycles. The summed E-state index contributed by atoms with van der Waals surface area (Å²) in [4.78, 5) is 50.7. The minimum Gasteiger partial charge on any atom is -0.444 e. The lowest BCUT2D eigenvalue weighted by atomic mass is 10.1. The molecule has 39 heavy (non-hydrogen) atoms. The van der Waals surface area contributed by atoms with E-state index in [9.17, 15) is 24.5 Å². The highest BCUT2D eigenvalue weighted by molar-refractivity contribution is 5.94. The van der Waals surface area contributed by atoms with Crippen molar-refractivity contribution < 1.29 is 33.5 Å². The van der Waals surface area contributed by atoms with E-state index in [1.807, 2.05) is 0 Å². The van der Waals surface area contributed by atoms with Crippen LogP contribution in [0.3, 0.4) is 0 Å². The van der Waals surface area contributed by atoms with E-state index in [2.05, 4.69) is 0 Å². The summed E-state index contributed by atoms with van der Waals surface area (Å²) in [6, 6.07) is 21.1. The summed E-state index contributed by atoms with van der Waals surface area (Å²) < 4.78 is 16.1. The van der Waals surface area contributed by atoms with E-state index in [4.69, 9.17) is 19.9 Å². The van der Waals surface area contributed by atoms with E-state index in [-0.39, 0.29) is 31.1 Å². The summed E-state index contributed by atoms with van der Waals surface area (Å²) in [6.45, 7) is 0.0468. The van der Waals surface area contributed by atoms with Crippen LogP contribution in [0.25, 0.3) is 0 Å². The summed E-state index contributed by atoms with van der Waals surface area (Å²) in [5.41, 5.74) is 6.77. The molecule has 0 saturated heterocycles. The van der Waals surface area contributed by atoms with Gasteiger partial charge >= 0.3 is 18.2 Å². The van der Waals surface area contributed by atoms with Crippen LogP contribution in [-0.2, 0) is 27.5 Å². The first kappa shape index (κ1) is 28.8. The lowest BCUT2D eigenvalue weighted by Gasteiger charge is -2.27. The number of carbonyl (C=O) groups is 3. The molecule has 3 rings (SSSR count). The first-order valence-corrected chi connectivity index (χ1v) is 12.3. The molecule has 1 atom stereocenters. The summed E-state index contributed by atoms with van der Waals surface area (Å²) in [6.07, 6.45) is -1.23. The molecular weight excluding hydrogens is 506 g/mol. The normalized spacial score (nSPS) is 11.2. The predicted molar refractivity (Wildman–Crippen MR) is 141 cm³/mol. The quantitative estimate of drug-likeness (QED) is 0.111. The van der Waals surface area contributed by atoms with Gasteiger partial charge in [0.05, 0.1) is 4.92 Å². The van der Waals surface area contributed by atoms with E-state index in [0.29, 0.717) is 35.4 Å². The van der Waals surface area contributed by atoms with Crippen molar-refractivity contribution in [2.45, 2.75) is 38.5 Å². The Morgan fingerprint density at radius 2 is 1.31 bits per heavy atom. The second-order valence-corrected chi connectivity index (χ2v) is 8.42. The number of unbranched alkanes of at least 4 members (excludes halogenated alkanes) is 1. The third kappa shape index (κ3) is 8.93. The Kier molecular flexibility index (Phi) is 11.0. The number of nitrogens with two attached hydrogens (primary N) is 1. The summed E-state index contributed by atoms with van der Waals surface area (Å²) in [5.74, 6) is -0.932. The highest BCUT2D eigenvalue weighted by Gasteiger charge is 2.38. The maximum Gasteiger partial charge on any atom is 0.420 e. The Balaban J connectivity index is 1.84. The molecule has 0 spiro atoms. The van der Waals surface area contributed by atoms with E-state index in [0.717, 1.165) is 0 Å². The van der Waals surface area contributed by atoms with Crippen LogP contribution >= 0.6 is 0 Å². The second kappa shape index (κ2) is 14.8. The maximum absolute atomic E-state index is 13.3. The van der Waals surface area contributed by atoms with Crippen LogP contribution in [0.2, 0.25) is 0 Å². The molecule has 0 radical (unpaired) electrons. The second-order valence-electron chi connectivity index (χ2n) is 8.42. The number of rotatable bonds is 12. The molecule has 0 aliphatic rings. The number of nitro groups is 1. The van der Waals surface area contributed by atoms with Crippen LogP contribution in [0.1, 0.15) is 30.4 Å². The fourth-order valence-corrected chi connectivity index (χ4v) is 3.56. The van der Waals surface area contributed by atoms with Crippen molar-refractivity contribution in [3.63, 3.8) is 0 Å². The van der Waals surface area contributed by atoms with E-state index >= 15 is 0 Å². The van der Waals surface area contributed by atoms with Crippen molar-refractivity contribution in [3.05, 3.63) is 106 Å². The molecule has 0 fully saturated rings. The predicted octanol–water partition coefficient (Wildman–Crippen LogP) is 4.97. The first-order valence-electron chi connectivity index (χ1n) is 12.3. The number of esters is 1. The molecule has 0 bridgehead atoms. The zero-order valence-corrected chi connectivity index (χ0v) is 21.1. The third-order valence-corrected chi connectivity index (χ3v) is 5.59. The molecule has 204 valence electrons. The average molecular weight is 536 g/mol. The van der Waals surface area contributed by atoms with Crippen LogP contribution in [0, 0.1) is 10.1 Å². The van der Waals surface area contributed by atoms with Crippen molar-refractivity contribution in [1.82, 2.24) is 4.90 Å². The fourth-order valence-electron chi connectivity index (χ4n) is 3.56. The Morgan fingerprint density at radius 1 is 0.795 bits per heavy atom. The van der Waals surface area contributed by atoms with Crippen LogP contribution in [0.5, 0.6) is 5.75 Å². The highest BCUT2D eigenvalue weighted by atomic mass is 16.6. The third-order valence-electron chi connectivity index (χ3n) is 5.59. The number of non-ortho nitro benzene ring substituents is 1. The number of carbonyl (C=O) groups excluding carboxylic acids is 3. The summed E-state index contributed by atoms with van der Waals surface area (Å²) >= 11 is 0. The number of imide groups is 1. The maximum atomic E-state index is 13.3. The lowest BCUT2D eigenvalue weighted by Crippen LogP contribution is -2.50. The molecule has 2 N–H and O–H groups in total. The SMILES string of the molecule is NCCCC[C@@H](C(=O)Oc1ccc([N+](=O)[O-])cc1)N(C(=O)OCc1ccccc1)C(=O)OCc1ccccc1. The number of nitrogens with zero attached hydrogens (tertiary/aromatic N) is 2. The summed E-state index contributed by atoms with van der Waals surface area (Å²) in [7, 11) is 0. The molecule has 0 aliphatic heterocycles. The average Bonchev–Trinajstić information content (AvgIpc) is 2.95. The zero-order chi connectivity index (χ0) is 28.0. The Morgan fingerprint density at radius 3 is 1.77 bits per heavy atom. The van der Waals surface area contributed by atoms with Crippen LogP contribution in [0.4, 0.5) is 15.3 Å². The van der Waals surface area contributed by atoms with Gasteiger partial charge in [-0.1, -0.05) is 60.7 Å². The molecule has 0 unspecified atom stereocenters. The number of hydrogen-bond acceptors (Lipinski definition) is 9. The number of benzene rings is 3. The molecular formula is C28H29N3O8. The van der Waals surface area contributed by atoms with Gasteiger partial charge in [-0.05, 0) is 49.1 Å². The first-order chi connectivity index (χ1) is 18.9. The van der Waals surface area contributed by atoms with Gasteiger partial charge in [-0.15, -0.1) is 0 Å². The smallest absolute Gasteiger partial charge is 0.420 e. The van der Waals surface area contributed by atoms with E-state index in [1.54, 1.807) is 60.7 Å². The molecule has 0 aliphatic carbocycles. The lowest BCUT2D eigenvalue weighted by molar-refractivity contribution is -0.384. The number of amides is 2. The van der Waals surface area contributed by atoms with E-state index in [1.165, 1.54) is 24.3 Å². The Hall–Kier alpha value is -4.77. The molecule has 0 aromatic heterocycles.